The molecular weight excluding hydrogens is 333 g/mol. The van der Waals surface area contributed by atoms with Crippen molar-refractivity contribution < 1.29 is 13.9 Å². The molecule has 0 aliphatic carbocycles. The van der Waals surface area contributed by atoms with Crippen LogP contribution in [0.5, 0.6) is 5.75 Å². The van der Waals surface area contributed by atoms with Crippen LogP contribution in [0.15, 0.2) is 27.8 Å². The monoisotopic (exact) mass is 347 g/mol. The smallest absolute Gasteiger partial charge is 0.326 e. The molecule has 0 radical (unpaired) electrons. The summed E-state index contributed by atoms with van der Waals surface area (Å²) in [4.78, 5) is 38.7. The SMILES string of the molecule is CC(COc1cccc(F)c1C#N)NC(=O)c1[nH]c(=O)[nH]c(=O)c1N. The molecule has 10 heteroatoms. The van der Waals surface area contributed by atoms with Gasteiger partial charge in [0.15, 0.2) is 0 Å². The van der Waals surface area contributed by atoms with Gasteiger partial charge >= 0.3 is 5.69 Å². The third-order valence-electron chi connectivity index (χ3n) is 3.16. The fourth-order valence-electron chi connectivity index (χ4n) is 1.96. The molecule has 1 unspecified atom stereocenters. The minimum absolute atomic E-state index is 0.0349. The molecule has 0 saturated heterocycles. The van der Waals surface area contributed by atoms with Crippen LogP contribution in [-0.4, -0.2) is 28.5 Å². The first-order valence-electron chi connectivity index (χ1n) is 7.07. The van der Waals surface area contributed by atoms with Gasteiger partial charge in [0.2, 0.25) is 0 Å². The number of nitrogen functional groups attached to an aromatic ring is 1. The van der Waals surface area contributed by atoms with E-state index in [4.69, 9.17) is 15.7 Å². The second-order valence-electron chi connectivity index (χ2n) is 5.11. The van der Waals surface area contributed by atoms with Crippen LogP contribution in [-0.2, 0) is 0 Å². The third-order valence-corrected chi connectivity index (χ3v) is 3.16. The van der Waals surface area contributed by atoms with Crippen LogP contribution in [0.1, 0.15) is 23.0 Å². The molecule has 1 amide bonds. The number of halogens is 1. The van der Waals surface area contributed by atoms with Crippen LogP contribution in [0.3, 0.4) is 0 Å². The Morgan fingerprint density at radius 1 is 1.44 bits per heavy atom. The number of ether oxygens (including phenoxy) is 1. The van der Waals surface area contributed by atoms with Crippen molar-refractivity contribution in [3.63, 3.8) is 0 Å². The number of amides is 1. The van der Waals surface area contributed by atoms with Crippen LogP contribution in [0.2, 0.25) is 0 Å². The Kier molecular flexibility index (Phi) is 5.18. The Bertz CT molecular complexity index is 960. The van der Waals surface area contributed by atoms with Gasteiger partial charge in [0, 0.05) is 0 Å². The summed E-state index contributed by atoms with van der Waals surface area (Å²) in [6, 6.07) is 5.03. The molecule has 1 atom stereocenters. The molecular formula is C15H14FN5O4. The first kappa shape index (κ1) is 17.7. The summed E-state index contributed by atoms with van der Waals surface area (Å²) in [7, 11) is 0. The highest BCUT2D eigenvalue weighted by atomic mass is 19.1. The van der Waals surface area contributed by atoms with Crippen molar-refractivity contribution in [1.29, 1.82) is 5.26 Å². The molecule has 0 fully saturated rings. The zero-order chi connectivity index (χ0) is 18.6. The average Bonchev–Trinajstić information content (AvgIpc) is 2.56. The van der Waals surface area contributed by atoms with Crippen LogP contribution in [0.25, 0.3) is 0 Å². The highest BCUT2D eigenvalue weighted by molar-refractivity contribution is 5.96. The minimum atomic E-state index is -0.878. The molecule has 1 aromatic carbocycles. The van der Waals surface area contributed by atoms with E-state index in [1.165, 1.54) is 12.1 Å². The molecule has 0 bridgehead atoms. The van der Waals surface area contributed by atoms with E-state index in [1.807, 2.05) is 4.98 Å². The highest BCUT2D eigenvalue weighted by Crippen LogP contribution is 2.20. The number of H-pyrrole nitrogens is 2. The van der Waals surface area contributed by atoms with Crippen molar-refractivity contribution in [2.24, 2.45) is 0 Å². The fraction of sp³-hybridized carbons (Fsp3) is 0.200. The van der Waals surface area contributed by atoms with Gasteiger partial charge in [-0.25, -0.2) is 9.18 Å². The Balaban J connectivity index is 2.07. The standard InChI is InChI=1S/C15H14FN5O4/c1-7(6-25-10-4-2-3-9(16)8(10)5-17)19-14(23)12-11(18)13(22)21-15(24)20-12/h2-4,7H,6,18H2,1H3,(H,19,23)(H2,20,21,22,24). The molecule has 9 nitrogen and oxygen atoms in total. The van der Waals surface area contributed by atoms with Gasteiger partial charge < -0.3 is 20.8 Å². The van der Waals surface area contributed by atoms with Crippen LogP contribution < -0.4 is 27.0 Å². The summed E-state index contributed by atoms with van der Waals surface area (Å²) >= 11 is 0. The number of nitrogens with two attached hydrogens (primary N) is 1. The van der Waals surface area contributed by atoms with Crippen LogP contribution in [0.4, 0.5) is 10.1 Å². The predicted molar refractivity (Wildman–Crippen MR) is 85.6 cm³/mol. The largest absolute Gasteiger partial charge is 0.490 e. The Morgan fingerprint density at radius 3 is 2.84 bits per heavy atom. The van der Waals surface area contributed by atoms with Crippen molar-refractivity contribution in [2.75, 3.05) is 12.3 Å². The topological polar surface area (TPSA) is 154 Å². The predicted octanol–water partition coefficient (Wildman–Crippen LogP) is -0.147. The van der Waals surface area contributed by atoms with Gasteiger partial charge in [-0.05, 0) is 19.1 Å². The van der Waals surface area contributed by atoms with Gasteiger partial charge in [0.05, 0.1) is 6.04 Å². The minimum Gasteiger partial charge on any atom is -0.490 e. The maximum absolute atomic E-state index is 13.5. The van der Waals surface area contributed by atoms with Crippen molar-refractivity contribution in [3.8, 4) is 11.8 Å². The Hall–Kier alpha value is -3.61. The van der Waals surface area contributed by atoms with Crippen LogP contribution >= 0.6 is 0 Å². The van der Waals surface area contributed by atoms with Crippen molar-refractivity contribution in [2.45, 2.75) is 13.0 Å². The molecule has 25 heavy (non-hydrogen) atoms. The lowest BCUT2D eigenvalue weighted by Crippen LogP contribution is -2.40. The number of hydrogen-bond acceptors (Lipinski definition) is 6. The molecule has 0 spiro atoms. The summed E-state index contributed by atoms with van der Waals surface area (Å²) < 4.78 is 18.8. The fourth-order valence-corrected chi connectivity index (χ4v) is 1.96. The molecule has 2 rings (SSSR count). The number of anilines is 1. The van der Waals surface area contributed by atoms with Crippen LogP contribution in [0, 0.1) is 17.1 Å². The maximum atomic E-state index is 13.5. The van der Waals surface area contributed by atoms with Gasteiger partial charge in [-0.15, -0.1) is 0 Å². The average molecular weight is 347 g/mol. The number of rotatable bonds is 5. The van der Waals surface area contributed by atoms with Crippen molar-refractivity contribution in [3.05, 3.63) is 56.1 Å². The number of aromatic nitrogens is 2. The summed E-state index contributed by atoms with van der Waals surface area (Å²) in [5.41, 5.74) is 2.67. The summed E-state index contributed by atoms with van der Waals surface area (Å²) in [5, 5.41) is 11.4. The zero-order valence-electron chi connectivity index (χ0n) is 13.1. The lowest BCUT2D eigenvalue weighted by Gasteiger charge is -2.16. The van der Waals surface area contributed by atoms with E-state index in [0.717, 1.165) is 6.07 Å². The molecule has 1 aromatic heterocycles. The molecule has 0 aliphatic heterocycles. The number of carbonyl (C=O) groups is 1. The number of hydrogen-bond donors (Lipinski definition) is 4. The lowest BCUT2D eigenvalue weighted by molar-refractivity contribution is 0.0922. The van der Waals surface area contributed by atoms with E-state index in [9.17, 15) is 18.8 Å². The summed E-state index contributed by atoms with van der Waals surface area (Å²) in [6.07, 6.45) is 0. The normalized spacial score (nSPS) is 11.4. The second kappa shape index (κ2) is 7.31. The molecule has 0 saturated carbocycles. The van der Waals surface area contributed by atoms with Gasteiger partial charge in [0.1, 0.15) is 41.2 Å². The van der Waals surface area contributed by atoms with E-state index in [1.54, 1.807) is 13.0 Å². The van der Waals surface area contributed by atoms with E-state index >= 15 is 0 Å². The number of nitriles is 1. The quantitative estimate of drug-likeness (QED) is 0.590. The third kappa shape index (κ3) is 4.03. The van der Waals surface area contributed by atoms with Gasteiger partial charge in [-0.2, -0.15) is 5.26 Å². The van der Waals surface area contributed by atoms with E-state index in [-0.39, 0.29) is 23.6 Å². The van der Waals surface area contributed by atoms with Gasteiger partial charge in [-0.1, -0.05) is 6.07 Å². The summed E-state index contributed by atoms with van der Waals surface area (Å²) in [5.74, 6) is -1.46. The zero-order valence-corrected chi connectivity index (χ0v) is 13.1. The Morgan fingerprint density at radius 2 is 2.16 bits per heavy atom. The maximum Gasteiger partial charge on any atom is 0.326 e. The highest BCUT2D eigenvalue weighted by Gasteiger charge is 2.17. The number of carbonyl (C=O) groups excluding carboxylic acids is 1. The molecule has 0 aliphatic rings. The molecule has 2 aromatic rings. The molecule has 130 valence electrons. The van der Waals surface area contributed by atoms with Crippen molar-refractivity contribution >= 4 is 11.6 Å². The van der Waals surface area contributed by atoms with E-state index in [2.05, 4.69) is 10.3 Å². The second-order valence-corrected chi connectivity index (χ2v) is 5.11. The van der Waals surface area contributed by atoms with E-state index in [0.29, 0.717) is 0 Å². The molecule has 5 N–H and O–H groups in total. The van der Waals surface area contributed by atoms with Gasteiger partial charge in [-0.3, -0.25) is 14.6 Å². The van der Waals surface area contributed by atoms with Crippen molar-refractivity contribution in [1.82, 2.24) is 15.3 Å². The number of nitrogens with zero attached hydrogens (tertiary/aromatic N) is 1. The first-order valence-corrected chi connectivity index (χ1v) is 7.07. The van der Waals surface area contributed by atoms with E-state index < -0.39 is 34.7 Å². The molecule has 1 heterocycles. The number of aromatic amines is 2. The summed E-state index contributed by atoms with van der Waals surface area (Å²) in [6.45, 7) is 1.49. The number of benzene rings is 1. The number of nitrogens with one attached hydrogen (secondary N) is 3. The van der Waals surface area contributed by atoms with Gasteiger partial charge in [0.25, 0.3) is 11.5 Å². The lowest BCUT2D eigenvalue weighted by atomic mass is 10.2. The Labute approximate surface area is 140 Å². The first-order chi connectivity index (χ1) is 11.8.